The fourth-order valence-electron chi connectivity index (χ4n) is 3.29. The topological polar surface area (TPSA) is 83.1 Å². The molecule has 0 bridgehead atoms. The van der Waals surface area contributed by atoms with Gasteiger partial charge in [-0.15, -0.1) is 0 Å². The molecule has 0 radical (unpaired) electrons. The van der Waals surface area contributed by atoms with Crippen molar-refractivity contribution in [3.8, 4) is 0 Å². The summed E-state index contributed by atoms with van der Waals surface area (Å²) < 4.78 is 32.0. The molecule has 8 nitrogen and oxygen atoms in total. The van der Waals surface area contributed by atoms with Crippen molar-refractivity contribution in [1.29, 1.82) is 0 Å². The summed E-state index contributed by atoms with van der Waals surface area (Å²) in [5, 5.41) is 0. The van der Waals surface area contributed by atoms with Crippen molar-refractivity contribution in [3.63, 3.8) is 0 Å². The van der Waals surface area contributed by atoms with E-state index in [1.54, 1.807) is 12.1 Å². The minimum absolute atomic E-state index is 0.0550. The van der Waals surface area contributed by atoms with Crippen molar-refractivity contribution in [2.75, 3.05) is 57.4 Å². The second-order valence-electron chi connectivity index (χ2n) is 6.99. The van der Waals surface area contributed by atoms with E-state index >= 15 is 0 Å². The van der Waals surface area contributed by atoms with Crippen LogP contribution in [0.3, 0.4) is 0 Å². The lowest BCUT2D eigenvalue weighted by molar-refractivity contribution is -0.135. The third-order valence-corrected chi connectivity index (χ3v) is 7.16. The number of piperazine rings is 1. The van der Waals surface area contributed by atoms with Gasteiger partial charge in [0.25, 0.3) is 0 Å². The molecule has 2 fully saturated rings. The number of ether oxygens (including phenoxy) is 1. The van der Waals surface area contributed by atoms with E-state index in [1.807, 2.05) is 18.7 Å². The number of hydrogen-bond donors (Lipinski definition) is 0. The SMILES string of the molecule is CC[C@H](C)C(=O)N1CCN(c2ccc(S(=O)(=O)N3CCOCC3)cn2)CC1. The zero-order chi connectivity index (χ0) is 19.4. The highest BCUT2D eigenvalue weighted by atomic mass is 32.2. The standard InChI is InChI=1S/C18H28N4O4S/c1-3-15(2)18(23)21-8-6-20(7-9-21)17-5-4-16(14-19-17)27(24,25)22-10-12-26-13-11-22/h4-5,14-15H,3,6-13H2,1-2H3/t15-/m0/s1. The molecule has 0 aromatic carbocycles. The fourth-order valence-corrected chi connectivity index (χ4v) is 4.64. The van der Waals surface area contributed by atoms with Gasteiger partial charge in [-0.1, -0.05) is 13.8 Å². The molecule has 2 aliphatic heterocycles. The normalized spacial score (nSPS) is 20.5. The number of carbonyl (C=O) groups excluding carboxylic acids is 1. The first-order valence-electron chi connectivity index (χ1n) is 9.51. The fraction of sp³-hybridized carbons (Fsp3) is 0.667. The number of hydrogen-bond acceptors (Lipinski definition) is 6. The van der Waals surface area contributed by atoms with Gasteiger partial charge >= 0.3 is 0 Å². The van der Waals surface area contributed by atoms with Crippen LogP contribution in [0.2, 0.25) is 0 Å². The van der Waals surface area contributed by atoms with Gasteiger partial charge in [0, 0.05) is 51.4 Å². The highest BCUT2D eigenvalue weighted by Gasteiger charge is 2.28. The van der Waals surface area contributed by atoms with Crippen molar-refractivity contribution < 1.29 is 17.9 Å². The number of sulfonamides is 1. The number of anilines is 1. The number of morpholine rings is 1. The molecule has 3 heterocycles. The highest BCUT2D eigenvalue weighted by molar-refractivity contribution is 7.89. The van der Waals surface area contributed by atoms with Gasteiger partial charge in [0.1, 0.15) is 10.7 Å². The second-order valence-corrected chi connectivity index (χ2v) is 8.93. The quantitative estimate of drug-likeness (QED) is 0.732. The molecule has 27 heavy (non-hydrogen) atoms. The first-order chi connectivity index (χ1) is 12.9. The van der Waals surface area contributed by atoms with Crippen LogP contribution in [-0.2, 0) is 19.6 Å². The Morgan fingerprint density at radius 3 is 2.37 bits per heavy atom. The Morgan fingerprint density at radius 2 is 1.81 bits per heavy atom. The largest absolute Gasteiger partial charge is 0.379 e. The molecule has 2 aliphatic rings. The van der Waals surface area contributed by atoms with Crippen molar-refractivity contribution in [1.82, 2.24) is 14.2 Å². The summed E-state index contributed by atoms with van der Waals surface area (Å²) in [6.07, 6.45) is 2.27. The monoisotopic (exact) mass is 396 g/mol. The third-order valence-electron chi connectivity index (χ3n) is 5.28. The van der Waals surface area contributed by atoms with Crippen molar-refractivity contribution in [2.24, 2.45) is 5.92 Å². The van der Waals surface area contributed by atoms with Crippen LogP contribution in [0.25, 0.3) is 0 Å². The molecule has 1 amide bonds. The number of nitrogens with zero attached hydrogens (tertiary/aromatic N) is 4. The third kappa shape index (κ3) is 4.41. The second kappa shape index (κ2) is 8.53. The summed E-state index contributed by atoms with van der Waals surface area (Å²) in [4.78, 5) is 20.9. The Balaban J connectivity index is 1.62. The smallest absolute Gasteiger partial charge is 0.244 e. The molecule has 0 N–H and O–H groups in total. The van der Waals surface area contributed by atoms with Gasteiger partial charge in [-0.2, -0.15) is 4.31 Å². The number of amides is 1. The first kappa shape index (κ1) is 20.0. The maximum atomic E-state index is 12.7. The molecule has 3 rings (SSSR count). The molecule has 1 aromatic rings. The number of aromatic nitrogens is 1. The molecule has 0 saturated carbocycles. The van der Waals surface area contributed by atoms with Crippen molar-refractivity contribution >= 4 is 21.7 Å². The predicted molar refractivity (Wildman–Crippen MR) is 102 cm³/mol. The lowest BCUT2D eigenvalue weighted by atomic mass is 10.1. The Kier molecular flexibility index (Phi) is 6.33. The van der Waals surface area contributed by atoms with Crippen LogP contribution < -0.4 is 4.90 Å². The summed E-state index contributed by atoms with van der Waals surface area (Å²) in [6.45, 7) is 8.30. The minimum atomic E-state index is -3.52. The molecular formula is C18H28N4O4S. The predicted octanol–water partition coefficient (Wildman–Crippen LogP) is 0.797. The van der Waals surface area contributed by atoms with Gasteiger partial charge in [-0.05, 0) is 18.6 Å². The number of rotatable bonds is 5. The van der Waals surface area contributed by atoms with E-state index in [9.17, 15) is 13.2 Å². The molecule has 1 aromatic heterocycles. The minimum Gasteiger partial charge on any atom is -0.379 e. The molecule has 1 atom stereocenters. The molecule has 9 heteroatoms. The Labute approximate surface area is 161 Å². The number of pyridine rings is 1. The van der Waals surface area contributed by atoms with Crippen molar-refractivity contribution in [2.45, 2.75) is 25.2 Å². The average Bonchev–Trinajstić information content (AvgIpc) is 2.73. The van der Waals surface area contributed by atoms with Gasteiger partial charge in [0.15, 0.2) is 0 Å². The van der Waals surface area contributed by atoms with Gasteiger partial charge in [0.2, 0.25) is 15.9 Å². The van der Waals surface area contributed by atoms with E-state index in [2.05, 4.69) is 9.88 Å². The molecule has 0 spiro atoms. The van der Waals surface area contributed by atoms with E-state index in [0.29, 0.717) is 52.5 Å². The van der Waals surface area contributed by atoms with E-state index < -0.39 is 10.0 Å². The van der Waals surface area contributed by atoms with E-state index in [-0.39, 0.29) is 16.7 Å². The molecule has 0 aliphatic carbocycles. The first-order valence-corrected chi connectivity index (χ1v) is 10.9. The Hall–Kier alpha value is -1.71. The highest BCUT2D eigenvalue weighted by Crippen LogP contribution is 2.20. The summed E-state index contributed by atoms with van der Waals surface area (Å²) >= 11 is 0. The van der Waals surface area contributed by atoms with Gasteiger partial charge in [-0.3, -0.25) is 4.79 Å². The molecular weight excluding hydrogens is 368 g/mol. The Bertz CT molecular complexity index is 739. The summed E-state index contributed by atoms with van der Waals surface area (Å²) in [5.74, 6) is 1.00. The van der Waals surface area contributed by atoms with Crippen molar-refractivity contribution in [3.05, 3.63) is 18.3 Å². The number of carbonyl (C=O) groups is 1. The van der Waals surface area contributed by atoms with E-state index in [0.717, 1.165) is 12.2 Å². The van der Waals surface area contributed by atoms with E-state index in [4.69, 9.17) is 4.74 Å². The zero-order valence-corrected chi connectivity index (χ0v) is 16.8. The van der Waals surface area contributed by atoms with Crippen LogP contribution in [0, 0.1) is 5.92 Å². The van der Waals surface area contributed by atoms with Crippen LogP contribution in [0.5, 0.6) is 0 Å². The molecule has 2 saturated heterocycles. The van der Waals surface area contributed by atoms with Gasteiger partial charge < -0.3 is 14.5 Å². The lowest BCUT2D eigenvalue weighted by Gasteiger charge is -2.36. The van der Waals surface area contributed by atoms with Crippen LogP contribution in [0.1, 0.15) is 20.3 Å². The van der Waals surface area contributed by atoms with Crippen LogP contribution in [0.15, 0.2) is 23.2 Å². The maximum absolute atomic E-state index is 12.7. The van der Waals surface area contributed by atoms with Crippen LogP contribution in [-0.4, -0.2) is 81.0 Å². The Morgan fingerprint density at radius 1 is 1.15 bits per heavy atom. The summed E-state index contributed by atoms with van der Waals surface area (Å²) in [7, 11) is -3.52. The lowest BCUT2D eigenvalue weighted by Crippen LogP contribution is -2.50. The molecule has 150 valence electrons. The maximum Gasteiger partial charge on any atom is 0.244 e. The molecule has 0 unspecified atom stereocenters. The van der Waals surface area contributed by atoms with E-state index in [1.165, 1.54) is 10.5 Å². The van der Waals surface area contributed by atoms with Crippen LogP contribution in [0.4, 0.5) is 5.82 Å². The van der Waals surface area contributed by atoms with Gasteiger partial charge in [0.05, 0.1) is 13.2 Å². The van der Waals surface area contributed by atoms with Crippen LogP contribution >= 0.6 is 0 Å². The average molecular weight is 397 g/mol. The van der Waals surface area contributed by atoms with Gasteiger partial charge in [-0.25, -0.2) is 13.4 Å². The summed E-state index contributed by atoms with van der Waals surface area (Å²) in [6, 6.07) is 3.36. The summed E-state index contributed by atoms with van der Waals surface area (Å²) in [5.41, 5.74) is 0. The zero-order valence-electron chi connectivity index (χ0n) is 16.0.